The van der Waals surface area contributed by atoms with Crippen LogP contribution in [0, 0.1) is 0 Å². The number of hydrogen-bond acceptors (Lipinski definition) is 3. The number of rotatable bonds is 21. The van der Waals surface area contributed by atoms with E-state index in [2.05, 4.69) is 48.1 Å². The van der Waals surface area contributed by atoms with Gasteiger partial charge in [-0.25, -0.2) is 9.97 Å². The summed E-state index contributed by atoms with van der Waals surface area (Å²) >= 11 is 0. The van der Waals surface area contributed by atoms with Crippen molar-refractivity contribution in [3.8, 4) is 17.1 Å². The third-order valence-corrected chi connectivity index (χ3v) is 7.63. The molecule has 0 aliphatic rings. The Morgan fingerprint density at radius 2 is 0.949 bits per heavy atom. The van der Waals surface area contributed by atoms with E-state index in [9.17, 15) is 0 Å². The average molecular weight is 529 g/mol. The Bertz CT molecular complexity index is 996. The molecule has 1 aromatic heterocycles. The van der Waals surface area contributed by atoms with Gasteiger partial charge in [-0.2, -0.15) is 0 Å². The molecule has 0 aliphatic heterocycles. The lowest BCUT2D eigenvalue weighted by Crippen LogP contribution is -1.97. The maximum atomic E-state index is 6.04. The molecule has 212 valence electrons. The lowest BCUT2D eigenvalue weighted by Gasteiger charge is -2.09. The van der Waals surface area contributed by atoms with Crippen molar-refractivity contribution in [2.75, 3.05) is 0 Å². The summed E-state index contributed by atoms with van der Waals surface area (Å²) in [5.74, 6) is 1.65. The molecule has 0 N–H and O–H groups in total. The molecule has 1 heterocycles. The van der Waals surface area contributed by atoms with Crippen LogP contribution in [0.15, 0.2) is 60.9 Å². The van der Waals surface area contributed by atoms with E-state index in [0.717, 1.165) is 23.6 Å². The minimum absolute atomic E-state index is 0.584. The Balaban J connectivity index is 1.33. The normalized spacial score (nSPS) is 11.1. The van der Waals surface area contributed by atoms with E-state index in [4.69, 9.17) is 4.74 Å². The quantitative estimate of drug-likeness (QED) is 0.129. The number of aromatic nitrogens is 2. The molecule has 0 atom stereocenters. The van der Waals surface area contributed by atoms with Crippen LogP contribution in [-0.4, -0.2) is 9.97 Å². The van der Waals surface area contributed by atoms with Crippen LogP contribution in [0.4, 0.5) is 0 Å². The Labute approximate surface area is 238 Å². The molecule has 0 fully saturated rings. The van der Waals surface area contributed by atoms with Gasteiger partial charge in [0.15, 0.2) is 5.82 Å². The predicted octanol–water partition coefficient (Wildman–Crippen LogP) is 10.7. The summed E-state index contributed by atoms with van der Waals surface area (Å²) in [6, 6.07) is 17.1. The van der Waals surface area contributed by atoms with E-state index >= 15 is 0 Å². The van der Waals surface area contributed by atoms with E-state index in [1.54, 1.807) is 0 Å². The van der Waals surface area contributed by atoms with Crippen molar-refractivity contribution in [2.24, 2.45) is 0 Å². The summed E-state index contributed by atoms with van der Waals surface area (Å²) in [6.07, 6.45) is 26.5. The van der Waals surface area contributed by atoms with Crippen LogP contribution in [0.3, 0.4) is 0 Å². The van der Waals surface area contributed by atoms with Crippen LogP contribution in [0.5, 0.6) is 5.75 Å². The Morgan fingerprint density at radius 3 is 1.49 bits per heavy atom. The highest BCUT2D eigenvalue weighted by atomic mass is 16.5. The van der Waals surface area contributed by atoms with Gasteiger partial charge in [-0.15, -0.1) is 0 Å². The van der Waals surface area contributed by atoms with Gasteiger partial charge in [0.2, 0.25) is 0 Å². The molecule has 3 nitrogen and oxygen atoms in total. The molecule has 0 saturated carbocycles. The second-order valence-electron chi connectivity index (χ2n) is 11.1. The molecular formula is C36H52N2O. The van der Waals surface area contributed by atoms with Crippen LogP contribution < -0.4 is 4.74 Å². The standard InChI is InChI=1S/C36H52N2O/c1-3-5-7-9-11-13-15-17-19-33-28-37-36(38-29-33)34-24-26-35(27-25-34)39-30-32-22-20-31(21-23-32)18-16-14-12-10-8-6-4-2/h20-29H,3-19,30H2,1-2H3. The van der Waals surface area contributed by atoms with Gasteiger partial charge in [0, 0.05) is 18.0 Å². The third-order valence-electron chi connectivity index (χ3n) is 7.63. The molecule has 0 unspecified atom stereocenters. The monoisotopic (exact) mass is 528 g/mol. The van der Waals surface area contributed by atoms with E-state index in [1.165, 1.54) is 119 Å². The molecule has 0 spiro atoms. The number of nitrogens with zero attached hydrogens (tertiary/aromatic N) is 2. The van der Waals surface area contributed by atoms with Gasteiger partial charge < -0.3 is 4.74 Å². The van der Waals surface area contributed by atoms with Gasteiger partial charge in [0.1, 0.15) is 12.4 Å². The summed E-state index contributed by atoms with van der Waals surface area (Å²) in [6.45, 7) is 5.13. The van der Waals surface area contributed by atoms with Crippen molar-refractivity contribution in [3.05, 3.63) is 77.6 Å². The molecule has 0 radical (unpaired) electrons. The lowest BCUT2D eigenvalue weighted by molar-refractivity contribution is 0.306. The van der Waals surface area contributed by atoms with Gasteiger partial charge in [0.25, 0.3) is 0 Å². The summed E-state index contributed by atoms with van der Waals surface area (Å²) in [5, 5.41) is 0. The van der Waals surface area contributed by atoms with Crippen LogP contribution in [0.1, 0.15) is 127 Å². The van der Waals surface area contributed by atoms with Crippen molar-refractivity contribution < 1.29 is 4.74 Å². The highest BCUT2D eigenvalue weighted by Gasteiger charge is 2.04. The topological polar surface area (TPSA) is 35.0 Å². The zero-order valence-corrected chi connectivity index (χ0v) is 24.8. The summed E-state index contributed by atoms with van der Waals surface area (Å²) in [7, 11) is 0. The molecule has 0 aliphatic carbocycles. The second-order valence-corrected chi connectivity index (χ2v) is 11.1. The number of aryl methyl sites for hydroxylation is 2. The van der Waals surface area contributed by atoms with E-state index in [-0.39, 0.29) is 0 Å². The highest BCUT2D eigenvalue weighted by Crippen LogP contribution is 2.21. The van der Waals surface area contributed by atoms with Crippen LogP contribution in [-0.2, 0) is 19.4 Å². The number of benzene rings is 2. The lowest BCUT2D eigenvalue weighted by atomic mass is 10.0. The minimum Gasteiger partial charge on any atom is -0.489 e. The molecular weight excluding hydrogens is 476 g/mol. The molecule has 2 aromatic carbocycles. The summed E-state index contributed by atoms with van der Waals surface area (Å²) in [5.41, 5.74) is 4.90. The fourth-order valence-corrected chi connectivity index (χ4v) is 5.05. The first-order valence-electron chi connectivity index (χ1n) is 15.9. The first-order chi connectivity index (χ1) is 19.3. The highest BCUT2D eigenvalue weighted by molar-refractivity contribution is 5.55. The number of hydrogen-bond donors (Lipinski definition) is 0. The van der Waals surface area contributed by atoms with Crippen molar-refractivity contribution in [2.45, 2.75) is 130 Å². The summed E-state index contributed by atoms with van der Waals surface area (Å²) < 4.78 is 6.04. The van der Waals surface area contributed by atoms with Crippen molar-refractivity contribution in [1.29, 1.82) is 0 Å². The minimum atomic E-state index is 0.584. The van der Waals surface area contributed by atoms with E-state index < -0.39 is 0 Å². The third kappa shape index (κ3) is 12.8. The van der Waals surface area contributed by atoms with Crippen molar-refractivity contribution in [1.82, 2.24) is 9.97 Å². The van der Waals surface area contributed by atoms with Crippen molar-refractivity contribution in [3.63, 3.8) is 0 Å². The van der Waals surface area contributed by atoms with Gasteiger partial charge in [-0.3, -0.25) is 0 Å². The van der Waals surface area contributed by atoms with E-state index in [0.29, 0.717) is 6.61 Å². The van der Waals surface area contributed by atoms with Crippen LogP contribution >= 0.6 is 0 Å². The largest absolute Gasteiger partial charge is 0.489 e. The Morgan fingerprint density at radius 1 is 0.487 bits per heavy atom. The molecule has 3 aromatic rings. The molecule has 3 rings (SSSR count). The SMILES string of the molecule is CCCCCCCCCCc1cnc(-c2ccc(OCc3ccc(CCCCCCCCC)cc3)cc2)nc1. The maximum Gasteiger partial charge on any atom is 0.159 e. The number of unbranched alkanes of at least 4 members (excludes halogenated alkanes) is 13. The van der Waals surface area contributed by atoms with Crippen molar-refractivity contribution >= 4 is 0 Å². The average Bonchev–Trinajstić information content (AvgIpc) is 2.98. The zero-order chi connectivity index (χ0) is 27.4. The van der Waals surface area contributed by atoms with Gasteiger partial charge in [0.05, 0.1) is 0 Å². The Hall–Kier alpha value is -2.68. The molecule has 3 heteroatoms. The van der Waals surface area contributed by atoms with Crippen LogP contribution in [0.2, 0.25) is 0 Å². The smallest absolute Gasteiger partial charge is 0.159 e. The van der Waals surface area contributed by atoms with E-state index in [1.807, 2.05) is 36.7 Å². The van der Waals surface area contributed by atoms with Gasteiger partial charge >= 0.3 is 0 Å². The maximum absolute atomic E-state index is 6.04. The van der Waals surface area contributed by atoms with Crippen LogP contribution in [0.25, 0.3) is 11.4 Å². The predicted molar refractivity (Wildman–Crippen MR) is 166 cm³/mol. The fourth-order valence-electron chi connectivity index (χ4n) is 5.05. The first kappa shape index (κ1) is 30.9. The second kappa shape index (κ2) is 19.4. The zero-order valence-electron chi connectivity index (χ0n) is 24.8. The molecule has 0 bridgehead atoms. The van der Waals surface area contributed by atoms with Gasteiger partial charge in [-0.1, -0.05) is 122 Å². The number of ether oxygens (including phenoxy) is 1. The van der Waals surface area contributed by atoms with Gasteiger partial charge in [-0.05, 0) is 66.6 Å². The molecule has 0 saturated heterocycles. The first-order valence-corrected chi connectivity index (χ1v) is 15.9. The molecule has 0 amide bonds. The fraction of sp³-hybridized carbons (Fsp3) is 0.556. The molecule has 39 heavy (non-hydrogen) atoms. The summed E-state index contributed by atoms with van der Waals surface area (Å²) in [4.78, 5) is 9.24. The Kier molecular flexibility index (Phi) is 15.3.